The summed E-state index contributed by atoms with van der Waals surface area (Å²) in [4.78, 5) is 0. The van der Waals surface area contributed by atoms with Gasteiger partial charge >= 0.3 is 0 Å². The number of hydrogen-bond acceptors (Lipinski definition) is 2. The van der Waals surface area contributed by atoms with E-state index in [1.54, 1.807) is 0 Å². The first-order valence-corrected chi connectivity index (χ1v) is 9.48. The summed E-state index contributed by atoms with van der Waals surface area (Å²) in [6.45, 7) is 0.970. The minimum Gasteiger partial charge on any atom is -0.369 e. The molecule has 0 unspecified atom stereocenters. The molecule has 3 aromatic carbocycles. The van der Waals surface area contributed by atoms with Gasteiger partial charge in [0.05, 0.1) is 11.4 Å². The number of anilines is 1. The van der Waals surface area contributed by atoms with E-state index >= 15 is 0 Å². The summed E-state index contributed by atoms with van der Waals surface area (Å²) in [5, 5.41) is 11.0. The molecule has 0 bridgehead atoms. The predicted molar refractivity (Wildman–Crippen MR) is 111 cm³/mol. The van der Waals surface area contributed by atoms with Crippen LogP contribution >= 0.6 is 22.6 Å². The number of benzene rings is 3. The van der Waals surface area contributed by atoms with Crippen LogP contribution in [0.4, 0.5) is 5.82 Å². The Morgan fingerprint density at radius 2 is 1.72 bits per heavy atom. The van der Waals surface area contributed by atoms with Crippen LogP contribution in [-0.4, -0.2) is 16.3 Å². The lowest BCUT2D eigenvalue weighted by molar-refractivity contribution is 0.882. The van der Waals surface area contributed by atoms with Gasteiger partial charge in [-0.15, -0.1) is 0 Å². The molecule has 0 saturated carbocycles. The number of nitrogens with one attached hydrogen (secondary N) is 1. The largest absolute Gasteiger partial charge is 0.369 e. The van der Waals surface area contributed by atoms with Crippen molar-refractivity contribution in [3.63, 3.8) is 0 Å². The van der Waals surface area contributed by atoms with Crippen molar-refractivity contribution in [1.29, 1.82) is 0 Å². The quantitative estimate of drug-likeness (QED) is 0.434. The molecular formula is C21H16IN3. The summed E-state index contributed by atoms with van der Waals surface area (Å²) < 4.78 is 3.27. The van der Waals surface area contributed by atoms with E-state index < -0.39 is 0 Å². The standard InChI is InChI=1S/C21H16IN3/c22-17-7-9-18(10-8-17)25-21-19(11-12-23-21)20(24-25)16-6-5-14-3-1-2-4-15(14)13-16/h1-10,13,23H,11-12H2. The van der Waals surface area contributed by atoms with E-state index in [1.807, 2.05) is 4.68 Å². The predicted octanol–water partition coefficient (Wildman–Crippen LogP) is 5.27. The van der Waals surface area contributed by atoms with Gasteiger partial charge in [-0.1, -0.05) is 36.4 Å². The maximum atomic E-state index is 4.96. The van der Waals surface area contributed by atoms with Gasteiger partial charge in [0, 0.05) is 21.2 Å². The molecule has 2 heterocycles. The Morgan fingerprint density at radius 1 is 0.920 bits per heavy atom. The molecule has 0 amide bonds. The van der Waals surface area contributed by atoms with Crippen LogP contribution in [0.25, 0.3) is 27.7 Å². The molecular weight excluding hydrogens is 421 g/mol. The van der Waals surface area contributed by atoms with Gasteiger partial charge in [0.15, 0.2) is 0 Å². The Hall–Kier alpha value is -2.34. The van der Waals surface area contributed by atoms with Gasteiger partial charge in [-0.2, -0.15) is 5.10 Å². The zero-order valence-electron chi connectivity index (χ0n) is 13.5. The monoisotopic (exact) mass is 437 g/mol. The van der Waals surface area contributed by atoms with Crippen molar-refractivity contribution < 1.29 is 0 Å². The van der Waals surface area contributed by atoms with Gasteiger partial charge in [0.25, 0.3) is 0 Å². The Morgan fingerprint density at radius 3 is 2.56 bits per heavy atom. The summed E-state index contributed by atoms with van der Waals surface area (Å²) in [6, 6.07) is 23.6. The average Bonchev–Trinajstić information content (AvgIpc) is 3.25. The maximum absolute atomic E-state index is 4.96. The highest BCUT2D eigenvalue weighted by molar-refractivity contribution is 14.1. The fourth-order valence-corrected chi connectivity index (χ4v) is 3.87. The second-order valence-corrected chi connectivity index (χ2v) is 7.55. The maximum Gasteiger partial charge on any atom is 0.133 e. The first kappa shape index (κ1) is 15.0. The van der Waals surface area contributed by atoms with Crippen LogP contribution in [0.5, 0.6) is 0 Å². The summed E-state index contributed by atoms with van der Waals surface area (Å²) in [5.41, 5.74) is 4.68. The Kier molecular flexibility index (Phi) is 3.52. The lowest BCUT2D eigenvalue weighted by atomic mass is 10.0. The third-order valence-corrected chi connectivity index (χ3v) is 5.46. The molecule has 3 nitrogen and oxygen atoms in total. The average molecular weight is 437 g/mol. The van der Waals surface area contributed by atoms with Crippen LogP contribution in [0, 0.1) is 3.57 Å². The van der Waals surface area contributed by atoms with E-state index in [1.165, 1.54) is 25.5 Å². The van der Waals surface area contributed by atoms with E-state index in [2.05, 4.69) is 94.6 Å². The number of nitrogens with zero attached hydrogens (tertiary/aromatic N) is 2. The van der Waals surface area contributed by atoms with Crippen molar-refractivity contribution in [2.45, 2.75) is 6.42 Å². The SMILES string of the molecule is Ic1ccc(-n2nc(-c3ccc4ccccc4c3)c3c2NCC3)cc1. The molecule has 4 heteroatoms. The normalized spacial score (nSPS) is 13.0. The van der Waals surface area contributed by atoms with Crippen LogP contribution in [0.15, 0.2) is 66.7 Å². The molecule has 0 fully saturated rings. The van der Waals surface area contributed by atoms with E-state index in [0.717, 1.165) is 30.2 Å². The fourth-order valence-electron chi connectivity index (χ4n) is 3.51. The number of hydrogen-bond donors (Lipinski definition) is 1. The zero-order chi connectivity index (χ0) is 16.8. The lowest BCUT2D eigenvalue weighted by Gasteiger charge is -2.06. The van der Waals surface area contributed by atoms with Crippen LogP contribution in [-0.2, 0) is 6.42 Å². The van der Waals surface area contributed by atoms with E-state index in [-0.39, 0.29) is 0 Å². The molecule has 1 N–H and O–H groups in total. The van der Waals surface area contributed by atoms with Crippen LogP contribution in [0.2, 0.25) is 0 Å². The topological polar surface area (TPSA) is 29.9 Å². The van der Waals surface area contributed by atoms with Crippen LogP contribution in [0.3, 0.4) is 0 Å². The second-order valence-electron chi connectivity index (χ2n) is 6.30. The molecule has 5 rings (SSSR count). The Labute approximate surface area is 159 Å². The third-order valence-electron chi connectivity index (χ3n) is 4.75. The summed E-state index contributed by atoms with van der Waals surface area (Å²) in [5.74, 6) is 1.13. The number of fused-ring (bicyclic) bond motifs is 2. The van der Waals surface area contributed by atoms with Gasteiger partial charge in [-0.3, -0.25) is 0 Å². The van der Waals surface area contributed by atoms with Crippen molar-refractivity contribution in [3.8, 4) is 16.9 Å². The van der Waals surface area contributed by atoms with E-state index in [9.17, 15) is 0 Å². The van der Waals surface area contributed by atoms with Crippen molar-refractivity contribution in [2.24, 2.45) is 0 Å². The number of halogens is 1. The van der Waals surface area contributed by atoms with Gasteiger partial charge in [0.1, 0.15) is 5.82 Å². The zero-order valence-corrected chi connectivity index (χ0v) is 15.7. The van der Waals surface area contributed by atoms with Crippen molar-refractivity contribution >= 4 is 39.2 Å². The molecule has 0 aliphatic carbocycles. The summed E-state index contributed by atoms with van der Waals surface area (Å²) >= 11 is 2.33. The summed E-state index contributed by atoms with van der Waals surface area (Å²) in [6.07, 6.45) is 1.02. The first-order chi connectivity index (χ1) is 12.3. The molecule has 0 atom stereocenters. The second kappa shape index (κ2) is 5.88. The van der Waals surface area contributed by atoms with E-state index in [0.29, 0.717) is 0 Å². The number of rotatable bonds is 2. The smallest absolute Gasteiger partial charge is 0.133 e. The lowest BCUT2D eigenvalue weighted by Crippen LogP contribution is -2.04. The van der Waals surface area contributed by atoms with Crippen molar-refractivity contribution in [1.82, 2.24) is 9.78 Å². The Balaban J connectivity index is 1.68. The van der Waals surface area contributed by atoms with E-state index in [4.69, 9.17) is 5.10 Å². The molecule has 1 aliphatic heterocycles. The molecule has 0 saturated heterocycles. The minimum absolute atomic E-state index is 0.970. The molecule has 4 aromatic rings. The first-order valence-electron chi connectivity index (χ1n) is 8.40. The molecule has 25 heavy (non-hydrogen) atoms. The molecule has 122 valence electrons. The van der Waals surface area contributed by atoms with Crippen LogP contribution < -0.4 is 5.32 Å². The highest BCUT2D eigenvalue weighted by Crippen LogP contribution is 2.35. The van der Waals surface area contributed by atoms with Gasteiger partial charge < -0.3 is 5.32 Å². The highest BCUT2D eigenvalue weighted by atomic mass is 127. The van der Waals surface area contributed by atoms with Crippen molar-refractivity contribution in [2.75, 3.05) is 11.9 Å². The Bertz CT molecular complexity index is 1080. The van der Waals surface area contributed by atoms with Crippen LogP contribution in [0.1, 0.15) is 5.56 Å². The summed E-state index contributed by atoms with van der Waals surface area (Å²) in [7, 11) is 0. The van der Waals surface area contributed by atoms with Gasteiger partial charge in [0.2, 0.25) is 0 Å². The minimum atomic E-state index is 0.970. The number of aromatic nitrogens is 2. The molecule has 1 aliphatic rings. The molecule has 0 spiro atoms. The molecule has 0 radical (unpaired) electrons. The molecule has 1 aromatic heterocycles. The van der Waals surface area contributed by atoms with Gasteiger partial charge in [-0.25, -0.2) is 4.68 Å². The third kappa shape index (κ3) is 2.52. The highest BCUT2D eigenvalue weighted by Gasteiger charge is 2.23. The fraction of sp³-hybridized carbons (Fsp3) is 0.0952. The van der Waals surface area contributed by atoms with Gasteiger partial charge in [-0.05, 0) is 70.1 Å². The van der Waals surface area contributed by atoms with Crippen molar-refractivity contribution in [3.05, 3.63) is 75.9 Å².